The van der Waals surface area contributed by atoms with Crippen LogP contribution in [0.4, 0.5) is 0 Å². The number of carboxylic acid groups (broad SMARTS) is 1. The molecule has 0 radical (unpaired) electrons. The highest BCUT2D eigenvalue weighted by molar-refractivity contribution is 5.79. The molecule has 2 saturated heterocycles. The van der Waals surface area contributed by atoms with Crippen molar-refractivity contribution >= 4 is 11.9 Å². The predicted molar refractivity (Wildman–Crippen MR) is 120 cm³/mol. The van der Waals surface area contributed by atoms with Gasteiger partial charge in [0.15, 0.2) is 0 Å². The molecule has 0 aromatic heterocycles. The van der Waals surface area contributed by atoms with Gasteiger partial charge in [-0.25, -0.2) is 0 Å². The molecule has 0 unspecified atom stereocenters. The number of carboxylic acids is 1. The molecule has 1 atom stereocenters. The summed E-state index contributed by atoms with van der Waals surface area (Å²) in [5.74, 6) is -0.252. The minimum atomic E-state index is -0.729. The van der Waals surface area contributed by atoms with E-state index in [1.165, 1.54) is 0 Å². The number of likely N-dealkylation sites (tertiary alicyclic amines) is 1. The van der Waals surface area contributed by atoms with E-state index in [4.69, 9.17) is 5.11 Å². The standard InChI is InChI=1S/C24H37N3O4/c1-17-14-20(15-18(2)23(17)30)16-19(3)24(31)27-12-10-26(11-13-27)21-4-7-25(8-5-21)9-6-22(28)29/h14-15,19,21,30H,4-13,16H2,1-3H3,(H,28,29)/t19-/m1/s1. The predicted octanol–water partition coefficient (Wildman–Crippen LogP) is 2.27. The number of rotatable bonds is 7. The van der Waals surface area contributed by atoms with Crippen LogP contribution < -0.4 is 0 Å². The first kappa shape index (κ1) is 23.5. The number of benzene rings is 1. The van der Waals surface area contributed by atoms with Gasteiger partial charge in [0.1, 0.15) is 5.75 Å². The van der Waals surface area contributed by atoms with Crippen LogP contribution in [-0.4, -0.2) is 88.6 Å². The van der Waals surface area contributed by atoms with Gasteiger partial charge in [-0.1, -0.05) is 19.1 Å². The number of phenolic OH excluding ortho intramolecular Hbond substituents is 1. The number of hydrogen-bond acceptors (Lipinski definition) is 5. The Morgan fingerprint density at radius 1 is 1.03 bits per heavy atom. The smallest absolute Gasteiger partial charge is 0.304 e. The van der Waals surface area contributed by atoms with E-state index < -0.39 is 5.97 Å². The van der Waals surface area contributed by atoms with Crippen molar-refractivity contribution in [3.05, 3.63) is 28.8 Å². The van der Waals surface area contributed by atoms with E-state index in [1.54, 1.807) is 0 Å². The first-order valence-electron chi connectivity index (χ1n) is 11.5. The molecule has 3 rings (SSSR count). The molecule has 0 aliphatic carbocycles. The number of carbonyl (C=O) groups excluding carboxylic acids is 1. The summed E-state index contributed by atoms with van der Waals surface area (Å²) in [7, 11) is 0. The zero-order valence-corrected chi connectivity index (χ0v) is 19.1. The zero-order valence-electron chi connectivity index (χ0n) is 19.1. The van der Waals surface area contributed by atoms with Gasteiger partial charge in [0, 0.05) is 44.7 Å². The normalized spacial score (nSPS) is 20.0. The fourth-order valence-electron chi connectivity index (χ4n) is 4.99. The van der Waals surface area contributed by atoms with Crippen LogP contribution in [0.2, 0.25) is 0 Å². The second-order valence-corrected chi connectivity index (χ2v) is 9.26. The fraction of sp³-hybridized carbons (Fsp3) is 0.667. The van der Waals surface area contributed by atoms with Gasteiger partial charge in [0.2, 0.25) is 5.91 Å². The van der Waals surface area contributed by atoms with Gasteiger partial charge in [0.05, 0.1) is 6.42 Å². The number of nitrogens with zero attached hydrogens (tertiary/aromatic N) is 3. The topological polar surface area (TPSA) is 84.3 Å². The summed E-state index contributed by atoms with van der Waals surface area (Å²) in [5.41, 5.74) is 2.82. The second-order valence-electron chi connectivity index (χ2n) is 9.26. The van der Waals surface area contributed by atoms with Gasteiger partial charge in [-0.15, -0.1) is 0 Å². The van der Waals surface area contributed by atoms with Crippen molar-refractivity contribution in [2.75, 3.05) is 45.8 Å². The second kappa shape index (κ2) is 10.5. The van der Waals surface area contributed by atoms with Crippen LogP contribution in [0.1, 0.15) is 42.9 Å². The molecule has 2 heterocycles. The van der Waals surface area contributed by atoms with Crippen molar-refractivity contribution in [2.45, 2.75) is 52.5 Å². The number of piperazine rings is 1. The van der Waals surface area contributed by atoms with Gasteiger partial charge < -0.3 is 20.0 Å². The van der Waals surface area contributed by atoms with Crippen molar-refractivity contribution in [1.82, 2.24) is 14.7 Å². The summed E-state index contributed by atoms with van der Waals surface area (Å²) in [6.45, 7) is 11.7. The highest BCUT2D eigenvalue weighted by atomic mass is 16.4. The summed E-state index contributed by atoms with van der Waals surface area (Å²) in [6, 6.07) is 4.50. The molecule has 2 aliphatic rings. The quantitative estimate of drug-likeness (QED) is 0.689. The van der Waals surface area contributed by atoms with E-state index in [-0.39, 0.29) is 18.2 Å². The summed E-state index contributed by atoms with van der Waals surface area (Å²) in [5, 5.41) is 18.8. The third-order valence-corrected chi connectivity index (χ3v) is 6.86. The van der Waals surface area contributed by atoms with Crippen molar-refractivity contribution in [3.8, 4) is 5.75 Å². The molecule has 2 aliphatic heterocycles. The van der Waals surface area contributed by atoms with E-state index in [9.17, 15) is 14.7 Å². The van der Waals surface area contributed by atoms with E-state index in [2.05, 4.69) is 9.80 Å². The average molecular weight is 432 g/mol. The number of phenols is 1. The molecule has 31 heavy (non-hydrogen) atoms. The minimum Gasteiger partial charge on any atom is -0.507 e. The van der Waals surface area contributed by atoms with E-state index in [0.717, 1.165) is 68.8 Å². The summed E-state index contributed by atoms with van der Waals surface area (Å²) < 4.78 is 0. The zero-order chi connectivity index (χ0) is 22.5. The van der Waals surface area contributed by atoms with Crippen molar-refractivity contribution in [2.24, 2.45) is 5.92 Å². The van der Waals surface area contributed by atoms with Crippen molar-refractivity contribution in [3.63, 3.8) is 0 Å². The molecule has 0 bridgehead atoms. The van der Waals surface area contributed by atoms with E-state index in [1.807, 2.05) is 37.8 Å². The third kappa shape index (κ3) is 6.20. The Morgan fingerprint density at radius 3 is 2.16 bits per heavy atom. The lowest BCUT2D eigenvalue weighted by molar-refractivity contribution is -0.138. The van der Waals surface area contributed by atoms with Gasteiger partial charge in [-0.2, -0.15) is 0 Å². The maximum Gasteiger partial charge on any atom is 0.304 e. The number of aryl methyl sites for hydroxylation is 2. The third-order valence-electron chi connectivity index (χ3n) is 6.86. The molecule has 7 heteroatoms. The summed E-state index contributed by atoms with van der Waals surface area (Å²) in [6.07, 6.45) is 3.05. The Kier molecular flexibility index (Phi) is 7.94. The lowest BCUT2D eigenvalue weighted by atomic mass is 9.96. The largest absolute Gasteiger partial charge is 0.507 e. The molecule has 2 fully saturated rings. The van der Waals surface area contributed by atoms with Gasteiger partial charge in [-0.05, 0) is 62.9 Å². The molecular weight excluding hydrogens is 394 g/mol. The Morgan fingerprint density at radius 2 is 1.61 bits per heavy atom. The molecule has 172 valence electrons. The molecule has 1 aromatic carbocycles. The monoisotopic (exact) mass is 431 g/mol. The first-order chi connectivity index (χ1) is 14.7. The Labute approximate surface area is 185 Å². The van der Waals surface area contributed by atoms with Crippen LogP contribution in [0.5, 0.6) is 5.75 Å². The SMILES string of the molecule is Cc1cc(C[C@@H](C)C(=O)N2CCN(C3CCN(CCC(=O)O)CC3)CC2)cc(C)c1O. The van der Waals surface area contributed by atoms with E-state index in [0.29, 0.717) is 24.8 Å². The van der Waals surface area contributed by atoms with Crippen LogP contribution in [0.3, 0.4) is 0 Å². The fourth-order valence-corrected chi connectivity index (χ4v) is 4.99. The molecule has 1 amide bonds. The Balaban J connectivity index is 1.44. The number of aromatic hydroxyl groups is 1. The minimum absolute atomic E-state index is 0.0765. The van der Waals surface area contributed by atoms with Gasteiger partial charge >= 0.3 is 5.97 Å². The maximum atomic E-state index is 13.0. The van der Waals surface area contributed by atoms with Gasteiger partial charge in [-0.3, -0.25) is 14.5 Å². The van der Waals surface area contributed by atoms with Crippen LogP contribution in [0, 0.1) is 19.8 Å². The summed E-state index contributed by atoms with van der Waals surface area (Å²) in [4.78, 5) is 30.5. The number of carbonyl (C=O) groups is 2. The number of aliphatic carboxylic acids is 1. The van der Waals surface area contributed by atoms with Crippen LogP contribution in [0.15, 0.2) is 12.1 Å². The van der Waals surface area contributed by atoms with Crippen LogP contribution in [0.25, 0.3) is 0 Å². The highest BCUT2D eigenvalue weighted by Gasteiger charge is 2.30. The van der Waals surface area contributed by atoms with E-state index >= 15 is 0 Å². The number of amides is 1. The molecule has 0 saturated carbocycles. The molecule has 1 aromatic rings. The first-order valence-corrected chi connectivity index (χ1v) is 11.5. The number of hydrogen-bond donors (Lipinski definition) is 2. The lowest BCUT2D eigenvalue weighted by Crippen LogP contribution is -2.55. The van der Waals surface area contributed by atoms with Crippen molar-refractivity contribution < 1.29 is 19.8 Å². The maximum absolute atomic E-state index is 13.0. The summed E-state index contributed by atoms with van der Waals surface area (Å²) >= 11 is 0. The van der Waals surface area contributed by atoms with Crippen molar-refractivity contribution in [1.29, 1.82) is 0 Å². The Bertz CT molecular complexity index is 758. The molecule has 0 spiro atoms. The highest BCUT2D eigenvalue weighted by Crippen LogP contribution is 2.25. The molecule has 2 N–H and O–H groups in total. The Hall–Kier alpha value is -2.12. The van der Waals surface area contributed by atoms with Crippen LogP contribution in [-0.2, 0) is 16.0 Å². The van der Waals surface area contributed by atoms with Crippen LogP contribution >= 0.6 is 0 Å². The molecule has 7 nitrogen and oxygen atoms in total. The molecular formula is C24H37N3O4. The number of piperidine rings is 1. The average Bonchev–Trinajstić information content (AvgIpc) is 2.76. The lowest BCUT2D eigenvalue weighted by Gasteiger charge is -2.43. The van der Waals surface area contributed by atoms with Gasteiger partial charge in [0.25, 0.3) is 0 Å².